The van der Waals surface area contributed by atoms with E-state index in [2.05, 4.69) is 41.1 Å². The van der Waals surface area contributed by atoms with Crippen molar-refractivity contribution in [3.63, 3.8) is 0 Å². The molecular formula is C14H28BrNS. The van der Waals surface area contributed by atoms with Gasteiger partial charge in [0.05, 0.1) is 0 Å². The molecule has 1 atom stereocenters. The second-order valence-corrected chi connectivity index (χ2v) is 7.10. The maximum atomic E-state index is 3.77. The van der Waals surface area contributed by atoms with Crippen molar-refractivity contribution in [2.45, 2.75) is 51.5 Å². The SMILES string of the molecule is CCC(CSC)N(C)CC1(CBr)CCCCC1. The molecule has 0 N–H and O–H groups in total. The molecule has 0 amide bonds. The summed E-state index contributed by atoms with van der Waals surface area (Å²) in [5.41, 5.74) is 0.554. The molecule has 0 bridgehead atoms. The summed E-state index contributed by atoms with van der Waals surface area (Å²) < 4.78 is 0. The molecule has 0 saturated heterocycles. The van der Waals surface area contributed by atoms with Crippen LogP contribution in [0, 0.1) is 5.41 Å². The minimum atomic E-state index is 0.554. The number of hydrogen-bond donors (Lipinski definition) is 0. The Kier molecular flexibility index (Phi) is 7.51. The van der Waals surface area contributed by atoms with Gasteiger partial charge in [-0.3, -0.25) is 0 Å². The van der Waals surface area contributed by atoms with Crippen molar-refractivity contribution in [3.8, 4) is 0 Å². The van der Waals surface area contributed by atoms with E-state index in [0.29, 0.717) is 5.41 Å². The molecule has 0 aromatic heterocycles. The Morgan fingerprint density at radius 3 is 2.41 bits per heavy atom. The van der Waals surface area contributed by atoms with Crippen LogP contribution in [0.25, 0.3) is 0 Å². The van der Waals surface area contributed by atoms with E-state index < -0.39 is 0 Å². The van der Waals surface area contributed by atoms with Gasteiger partial charge in [0.25, 0.3) is 0 Å². The number of rotatable bonds is 7. The van der Waals surface area contributed by atoms with Gasteiger partial charge in [-0.25, -0.2) is 0 Å². The van der Waals surface area contributed by atoms with Crippen molar-refractivity contribution in [2.75, 3.05) is 30.9 Å². The third-order valence-corrected chi connectivity index (χ3v) is 6.14. The van der Waals surface area contributed by atoms with E-state index in [0.717, 1.165) is 6.04 Å². The van der Waals surface area contributed by atoms with Gasteiger partial charge in [-0.15, -0.1) is 0 Å². The predicted molar refractivity (Wildman–Crippen MR) is 84.4 cm³/mol. The van der Waals surface area contributed by atoms with E-state index in [1.165, 1.54) is 56.2 Å². The van der Waals surface area contributed by atoms with Crippen molar-refractivity contribution >= 4 is 27.7 Å². The molecule has 0 aromatic rings. The predicted octanol–water partition coefficient (Wildman–Crippen LogP) is 4.41. The summed E-state index contributed by atoms with van der Waals surface area (Å²) in [6, 6.07) is 0.753. The Morgan fingerprint density at radius 2 is 1.94 bits per heavy atom. The van der Waals surface area contributed by atoms with Crippen molar-refractivity contribution in [1.29, 1.82) is 0 Å². The molecule has 1 saturated carbocycles. The summed E-state index contributed by atoms with van der Waals surface area (Å²) in [4.78, 5) is 2.61. The fourth-order valence-electron chi connectivity index (χ4n) is 3.04. The maximum absolute atomic E-state index is 3.77. The zero-order chi connectivity index (χ0) is 12.7. The lowest BCUT2D eigenvalue weighted by atomic mass is 9.75. The van der Waals surface area contributed by atoms with Gasteiger partial charge in [0, 0.05) is 23.7 Å². The van der Waals surface area contributed by atoms with Crippen LogP contribution in [0.5, 0.6) is 0 Å². The Labute approximate surface area is 120 Å². The first-order valence-electron chi connectivity index (χ1n) is 6.92. The minimum absolute atomic E-state index is 0.554. The van der Waals surface area contributed by atoms with Crippen LogP contribution in [0.4, 0.5) is 0 Å². The highest BCUT2D eigenvalue weighted by molar-refractivity contribution is 9.09. The highest BCUT2D eigenvalue weighted by Crippen LogP contribution is 2.38. The quantitative estimate of drug-likeness (QED) is 0.639. The number of nitrogens with zero attached hydrogens (tertiary/aromatic N) is 1. The van der Waals surface area contributed by atoms with Crippen LogP contribution in [0.1, 0.15) is 45.4 Å². The zero-order valence-electron chi connectivity index (χ0n) is 11.7. The van der Waals surface area contributed by atoms with Crippen LogP contribution in [-0.4, -0.2) is 41.9 Å². The average Bonchev–Trinajstić information content (AvgIpc) is 2.36. The van der Waals surface area contributed by atoms with E-state index in [4.69, 9.17) is 0 Å². The van der Waals surface area contributed by atoms with Gasteiger partial charge in [-0.05, 0) is 38.0 Å². The molecule has 0 heterocycles. The highest BCUT2D eigenvalue weighted by Gasteiger charge is 2.33. The third kappa shape index (κ3) is 4.76. The summed E-state index contributed by atoms with van der Waals surface area (Å²) >= 11 is 5.75. The fourth-order valence-corrected chi connectivity index (χ4v) is 4.66. The Balaban J connectivity index is 2.53. The summed E-state index contributed by atoms with van der Waals surface area (Å²) in [5, 5.41) is 1.18. The van der Waals surface area contributed by atoms with Gasteiger partial charge < -0.3 is 4.90 Å². The largest absolute Gasteiger partial charge is 0.302 e. The molecular weight excluding hydrogens is 294 g/mol. The first-order valence-corrected chi connectivity index (χ1v) is 9.44. The molecule has 1 aliphatic rings. The first kappa shape index (κ1) is 15.8. The highest BCUT2D eigenvalue weighted by atomic mass is 79.9. The fraction of sp³-hybridized carbons (Fsp3) is 1.00. The van der Waals surface area contributed by atoms with Gasteiger partial charge >= 0.3 is 0 Å². The maximum Gasteiger partial charge on any atom is 0.0180 e. The molecule has 17 heavy (non-hydrogen) atoms. The first-order chi connectivity index (χ1) is 8.17. The van der Waals surface area contributed by atoms with E-state index in [9.17, 15) is 0 Å². The number of thioether (sulfide) groups is 1. The molecule has 3 heteroatoms. The van der Waals surface area contributed by atoms with Crippen molar-refractivity contribution in [3.05, 3.63) is 0 Å². The van der Waals surface area contributed by atoms with Crippen molar-refractivity contribution < 1.29 is 0 Å². The zero-order valence-corrected chi connectivity index (χ0v) is 14.1. The third-order valence-electron chi connectivity index (χ3n) is 4.24. The van der Waals surface area contributed by atoms with Crippen LogP contribution in [-0.2, 0) is 0 Å². The van der Waals surface area contributed by atoms with Gasteiger partial charge in [0.15, 0.2) is 0 Å². The Morgan fingerprint density at radius 1 is 1.29 bits per heavy atom. The van der Waals surface area contributed by atoms with Crippen LogP contribution in [0.15, 0.2) is 0 Å². The van der Waals surface area contributed by atoms with E-state index in [-0.39, 0.29) is 0 Å². The second-order valence-electron chi connectivity index (χ2n) is 5.63. The van der Waals surface area contributed by atoms with Crippen LogP contribution >= 0.6 is 27.7 Å². The second kappa shape index (κ2) is 8.06. The number of alkyl halides is 1. The molecule has 1 rings (SSSR count). The molecule has 102 valence electrons. The molecule has 1 aliphatic carbocycles. The van der Waals surface area contributed by atoms with Crippen LogP contribution in [0.3, 0.4) is 0 Å². The summed E-state index contributed by atoms with van der Waals surface area (Å²) in [6.07, 6.45) is 10.6. The average molecular weight is 322 g/mol. The van der Waals surface area contributed by atoms with Gasteiger partial charge in [-0.2, -0.15) is 11.8 Å². The van der Waals surface area contributed by atoms with Crippen molar-refractivity contribution in [1.82, 2.24) is 4.90 Å². The molecule has 0 aromatic carbocycles. The monoisotopic (exact) mass is 321 g/mol. The van der Waals surface area contributed by atoms with E-state index in [1.807, 2.05) is 11.8 Å². The lowest BCUT2D eigenvalue weighted by Gasteiger charge is -2.41. The van der Waals surface area contributed by atoms with Crippen LogP contribution < -0.4 is 0 Å². The lowest BCUT2D eigenvalue weighted by molar-refractivity contribution is 0.120. The van der Waals surface area contributed by atoms with E-state index >= 15 is 0 Å². The van der Waals surface area contributed by atoms with E-state index in [1.54, 1.807) is 0 Å². The van der Waals surface area contributed by atoms with Gasteiger partial charge in [0.2, 0.25) is 0 Å². The number of halogens is 1. The molecule has 1 fully saturated rings. The summed E-state index contributed by atoms with van der Waals surface area (Å²) in [5.74, 6) is 1.27. The van der Waals surface area contributed by atoms with Crippen LogP contribution in [0.2, 0.25) is 0 Å². The van der Waals surface area contributed by atoms with Crippen molar-refractivity contribution in [2.24, 2.45) is 5.41 Å². The minimum Gasteiger partial charge on any atom is -0.302 e. The smallest absolute Gasteiger partial charge is 0.0180 e. The lowest BCUT2D eigenvalue weighted by Crippen LogP contribution is -2.44. The van der Waals surface area contributed by atoms with Gasteiger partial charge in [-0.1, -0.05) is 42.1 Å². The topological polar surface area (TPSA) is 3.24 Å². The number of hydrogen-bond acceptors (Lipinski definition) is 2. The van der Waals surface area contributed by atoms with Gasteiger partial charge in [0.1, 0.15) is 0 Å². The summed E-state index contributed by atoms with van der Waals surface area (Å²) in [7, 11) is 2.32. The molecule has 1 unspecified atom stereocenters. The molecule has 0 aliphatic heterocycles. The standard InChI is InChI=1S/C14H28BrNS/c1-4-13(10-17-3)16(2)12-14(11-15)8-6-5-7-9-14/h13H,4-12H2,1-3H3. The normalized spacial score (nSPS) is 21.7. The molecule has 0 radical (unpaired) electrons. The Bertz CT molecular complexity index is 204. The summed E-state index contributed by atoms with van der Waals surface area (Å²) in [6.45, 7) is 3.59. The molecule has 0 spiro atoms. The Hall–Kier alpha value is 0.790. The molecule has 1 nitrogen and oxygen atoms in total.